The van der Waals surface area contributed by atoms with Crippen LogP contribution in [0, 0.1) is 0 Å². The van der Waals surface area contributed by atoms with Crippen molar-refractivity contribution in [2.45, 2.75) is 16.6 Å². The van der Waals surface area contributed by atoms with Gasteiger partial charge in [-0.1, -0.05) is 41.3 Å². The van der Waals surface area contributed by atoms with Crippen LogP contribution in [0.1, 0.15) is 12.4 Å². The zero-order valence-corrected chi connectivity index (χ0v) is 13.6. The van der Waals surface area contributed by atoms with Gasteiger partial charge in [0, 0.05) is 6.54 Å². The number of hydrogen-bond acceptors (Lipinski definition) is 6. The van der Waals surface area contributed by atoms with Crippen molar-refractivity contribution in [3.63, 3.8) is 0 Å². The van der Waals surface area contributed by atoms with Crippen LogP contribution in [0.15, 0.2) is 41.3 Å². The second-order valence-electron chi connectivity index (χ2n) is 4.50. The first-order valence-electron chi connectivity index (χ1n) is 6.74. The fraction of sp³-hybridized carbons (Fsp3) is 0.214. The lowest BCUT2D eigenvalue weighted by Gasteiger charge is -2.06. The molecule has 120 valence electrons. The van der Waals surface area contributed by atoms with Crippen molar-refractivity contribution < 1.29 is 8.78 Å². The first-order valence-corrected chi connectivity index (χ1v) is 8.54. The van der Waals surface area contributed by atoms with Crippen molar-refractivity contribution in [3.05, 3.63) is 42.7 Å². The molecular weight excluding hydrogens is 340 g/mol. The van der Waals surface area contributed by atoms with Gasteiger partial charge in [0.1, 0.15) is 5.82 Å². The van der Waals surface area contributed by atoms with E-state index in [1.165, 1.54) is 23.1 Å². The Kier molecular flexibility index (Phi) is 4.87. The predicted molar refractivity (Wildman–Crippen MR) is 89.1 cm³/mol. The summed E-state index contributed by atoms with van der Waals surface area (Å²) in [6.45, 7) is 1.58. The first-order chi connectivity index (χ1) is 11.2. The number of fused-ring (bicyclic) bond motifs is 1. The summed E-state index contributed by atoms with van der Waals surface area (Å²) in [6, 6.07) is 6.88. The van der Waals surface area contributed by atoms with Crippen LogP contribution >= 0.6 is 23.1 Å². The van der Waals surface area contributed by atoms with Crippen LogP contribution in [0.3, 0.4) is 0 Å². The largest absolute Gasteiger partial charge is 0.357 e. The van der Waals surface area contributed by atoms with E-state index in [-0.39, 0.29) is 0 Å². The highest BCUT2D eigenvalue weighted by Crippen LogP contribution is 2.31. The van der Waals surface area contributed by atoms with Crippen molar-refractivity contribution in [3.8, 4) is 0 Å². The minimum Gasteiger partial charge on any atom is -0.357 e. The molecule has 0 atom stereocenters. The average Bonchev–Trinajstić information content (AvgIpc) is 3.14. The molecule has 1 aromatic carbocycles. The number of hydrogen-bond donors (Lipinski definition) is 1. The quantitative estimate of drug-likeness (QED) is 0.510. The molecule has 0 amide bonds. The summed E-state index contributed by atoms with van der Waals surface area (Å²) < 4.78 is 28.3. The number of imidazole rings is 1. The highest BCUT2D eigenvalue weighted by Gasteiger charge is 2.18. The summed E-state index contributed by atoms with van der Waals surface area (Å²) in [7, 11) is 0. The first kappa shape index (κ1) is 15.9. The Balaban J connectivity index is 1.77. The Bertz CT molecular complexity index is 814. The van der Waals surface area contributed by atoms with Gasteiger partial charge in [-0.3, -0.25) is 4.57 Å². The van der Waals surface area contributed by atoms with Crippen molar-refractivity contribution in [1.82, 2.24) is 19.7 Å². The van der Waals surface area contributed by atoms with Gasteiger partial charge in [-0.2, -0.15) is 8.78 Å². The third-order valence-electron chi connectivity index (χ3n) is 2.99. The minimum atomic E-state index is -2.63. The van der Waals surface area contributed by atoms with E-state index in [0.717, 1.165) is 4.57 Å². The second-order valence-corrected chi connectivity index (χ2v) is 6.70. The monoisotopic (exact) mass is 353 g/mol. The molecule has 0 aliphatic heterocycles. The lowest BCUT2D eigenvalue weighted by Crippen LogP contribution is -2.03. The third-order valence-corrected chi connectivity index (χ3v) is 5.00. The number of alkyl halides is 2. The van der Waals surface area contributed by atoms with Crippen molar-refractivity contribution >= 4 is 39.3 Å². The molecule has 0 aliphatic carbocycles. The molecule has 3 rings (SSSR count). The van der Waals surface area contributed by atoms with E-state index in [1.54, 1.807) is 30.3 Å². The van der Waals surface area contributed by atoms with E-state index in [0.29, 0.717) is 38.6 Å². The van der Waals surface area contributed by atoms with Crippen molar-refractivity contribution in [2.75, 3.05) is 11.9 Å². The summed E-state index contributed by atoms with van der Waals surface area (Å²) in [5.74, 6) is 0.622. The van der Waals surface area contributed by atoms with Gasteiger partial charge in [-0.15, -0.1) is 16.8 Å². The number of halogens is 2. The highest BCUT2D eigenvalue weighted by atomic mass is 32.2. The minimum absolute atomic E-state index is 0.301. The van der Waals surface area contributed by atoms with Gasteiger partial charge in [0.15, 0.2) is 4.34 Å². The summed E-state index contributed by atoms with van der Waals surface area (Å²) in [5.41, 5.74) is 0.998. The second kappa shape index (κ2) is 7.05. The van der Waals surface area contributed by atoms with Crippen LogP contribution in [0.5, 0.6) is 0 Å². The Morgan fingerprint density at radius 2 is 2.17 bits per heavy atom. The van der Waals surface area contributed by atoms with Gasteiger partial charge < -0.3 is 5.32 Å². The molecule has 23 heavy (non-hydrogen) atoms. The zero-order chi connectivity index (χ0) is 16.2. The molecule has 3 aromatic rings. The number of anilines is 1. The molecule has 9 heteroatoms. The van der Waals surface area contributed by atoms with E-state index in [9.17, 15) is 8.78 Å². The molecule has 2 aromatic heterocycles. The topological polar surface area (TPSA) is 55.6 Å². The maximum Gasteiger partial charge on any atom is 0.320 e. The number of benzene rings is 1. The van der Waals surface area contributed by atoms with Crippen LogP contribution in [-0.2, 0) is 5.75 Å². The van der Waals surface area contributed by atoms with Crippen LogP contribution in [0.4, 0.5) is 13.9 Å². The number of aromatic nitrogens is 4. The predicted octanol–water partition coefficient (Wildman–Crippen LogP) is 4.17. The van der Waals surface area contributed by atoms with E-state index in [1.807, 2.05) is 0 Å². The SMILES string of the molecule is C=CCNc1nnc(SCc2nc3ccccc3n2C(F)F)s1. The molecule has 0 saturated carbocycles. The van der Waals surface area contributed by atoms with E-state index in [4.69, 9.17) is 0 Å². The van der Waals surface area contributed by atoms with Crippen molar-refractivity contribution in [1.29, 1.82) is 0 Å². The van der Waals surface area contributed by atoms with Crippen LogP contribution in [0.2, 0.25) is 0 Å². The molecular formula is C14H13F2N5S2. The number of para-hydroxylation sites is 2. The number of nitrogens with one attached hydrogen (secondary N) is 1. The van der Waals surface area contributed by atoms with Gasteiger partial charge in [0.05, 0.1) is 16.8 Å². The molecule has 0 aliphatic rings. The summed E-state index contributed by atoms with van der Waals surface area (Å²) in [4.78, 5) is 4.30. The summed E-state index contributed by atoms with van der Waals surface area (Å²) >= 11 is 2.71. The molecule has 1 N–H and O–H groups in total. The smallest absolute Gasteiger partial charge is 0.320 e. The fourth-order valence-corrected chi connectivity index (χ4v) is 3.73. The third kappa shape index (κ3) is 3.50. The fourth-order valence-electron chi connectivity index (χ4n) is 2.04. The Hall–Kier alpha value is -2.00. The number of thioether (sulfide) groups is 1. The maximum atomic E-state index is 13.3. The van der Waals surface area contributed by atoms with E-state index in [2.05, 4.69) is 27.1 Å². The van der Waals surface area contributed by atoms with Gasteiger partial charge in [0.25, 0.3) is 0 Å². The average molecular weight is 353 g/mol. The number of rotatable bonds is 7. The molecule has 0 unspecified atom stereocenters. The van der Waals surface area contributed by atoms with Crippen LogP contribution in [0.25, 0.3) is 11.0 Å². The normalized spacial score (nSPS) is 11.3. The van der Waals surface area contributed by atoms with Gasteiger partial charge in [-0.25, -0.2) is 4.98 Å². The lowest BCUT2D eigenvalue weighted by atomic mass is 10.3. The molecule has 2 heterocycles. The summed E-state index contributed by atoms with van der Waals surface area (Å²) in [5, 5.41) is 11.7. The maximum absolute atomic E-state index is 13.3. The molecule has 0 fully saturated rings. The van der Waals surface area contributed by atoms with Crippen molar-refractivity contribution in [2.24, 2.45) is 0 Å². The van der Waals surface area contributed by atoms with Crippen LogP contribution in [-0.4, -0.2) is 26.3 Å². The Morgan fingerprint density at radius 1 is 1.35 bits per heavy atom. The Labute approximate surface area is 139 Å². The highest BCUT2D eigenvalue weighted by molar-refractivity contribution is 8.00. The van der Waals surface area contributed by atoms with Gasteiger partial charge in [-0.05, 0) is 12.1 Å². The molecule has 0 spiro atoms. The van der Waals surface area contributed by atoms with Gasteiger partial charge in [0.2, 0.25) is 5.13 Å². The standard InChI is InChI=1S/C14H13F2N5S2/c1-2-7-17-13-19-20-14(23-13)22-8-11-18-9-5-3-4-6-10(9)21(11)12(15)16/h2-6,12H,1,7-8H2,(H,17,19). The Morgan fingerprint density at radius 3 is 2.96 bits per heavy atom. The molecule has 0 radical (unpaired) electrons. The summed E-state index contributed by atoms with van der Waals surface area (Å²) in [6.07, 6.45) is 1.72. The van der Waals surface area contributed by atoms with E-state index >= 15 is 0 Å². The van der Waals surface area contributed by atoms with Gasteiger partial charge >= 0.3 is 6.55 Å². The number of nitrogens with zero attached hydrogens (tertiary/aromatic N) is 4. The lowest BCUT2D eigenvalue weighted by molar-refractivity contribution is 0.0722. The molecule has 5 nitrogen and oxygen atoms in total. The molecule has 0 saturated heterocycles. The van der Waals surface area contributed by atoms with Crippen LogP contribution < -0.4 is 5.32 Å². The van der Waals surface area contributed by atoms with E-state index < -0.39 is 6.55 Å². The zero-order valence-electron chi connectivity index (χ0n) is 11.9. The molecule has 0 bridgehead atoms.